The Labute approximate surface area is 148 Å². The van der Waals surface area contributed by atoms with Crippen molar-refractivity contribution in [2.24, 2.45) is 9.98 Å². The van der Waals surface area contributed by atoms with Crippen LogP contribution in [0, 0.1) is 0 Å². The van der Waals surface area contributed by atoms with E-state index in [-0.39, 0.29) is 23.6 Å². The molecule has 0 fully saturated rings. The lowest BCUT2D eigenvalue weighted by atomic mass is 10.1. The summed E-state index contributed by atoms with van der Waals surface area (Å²) in [6, 6.07) is 14.0. The van der Waals surface area contributed by atoms with Crippen LogP contribution in [0.1, 0.15) is 24.5 Å². The van der Waals surface area contributed by atoms with Crippen molar-refractivity contribution in [3.8, 4) is 11.5 Å². The Kier molecular flexibility index (Phi) is 7.16. The molecule has 0 saturated heterocycles. The van der Waals surface area contributed by atoms with Crippen LogP contribution >= 0.6 is 0 Å². The fraction of sp³-hybridized carbons (Fsp3) is 0.300. The van der Waals surface area contributed by atoms with Gasteiger partial charge < -0.3 is 14.9 Å². The molecular weight excluding hydrogens is 316 g/mol. The molecule has 2 unspecified atom stereocenters. The maximum absolute atomic E-state index is 9.83. The number of hydrogen-bond acceptors (Lipinski definition) is 5. The zero-order chi connectivity index (χ0) is 18.1. The summed E-state index contributed by atoms with van der Waals surface area (Å²) in [5.41, 5.74) is 1.34. The Morgan fingerprint density at radius 1 is 0.960 bits per heavy atom. The maximum Gasteiger partial charge on any atom is 0.124 e. The van der Waals surface area contributed by atoms with Crippen LogP contribution < -0.4 is 0 Å². The van der Waals surface area contributed by atoms with Crippen LogP contribution in [-0.2, 0) is 4.74 Å². The Morgan fingerprint density at radius 3 is 2.08 bits per heavy atom. The first kappa shape index (κ1) is 18.7. The van der Waals surface area contributed by atoms with Crippen LogP contribution in [0.5, 0.6) is 11.5 Å². The van der Waals surface area contributed by atoms with Gasteiger partial charge in [-0.05, 0) is 37.6 Å². The molecule has 132 valence electrons. The minimum Gasteiger partial charge on any atom is -0.507 e. The first-order valence-electron chi connectivity index (χ1n) is 8.22. The molecule has 0 bridgehead atoms. The van der Waals surface area contributed by atoms with Gasteiger partial charge in [0.15, 0.2) is 0 Å². The van der Waals surface area contributed by atoms with Gasteiger partial charge in [0.05, 0.1) is 18.7 Å². The van der Waals surface area contributed by atoms with Gasteiger partial charge in [-0.15, -0.1) is 0 Å². The Balaban J connectivity index is 2.07. The van der Waals surface area contributed by atoms with E-state index in [2.05, 4.69) is 9.98 Å². The van der Waals surface area contributed by atoms with Gasteiger partial charge in [0.1, 0.15) is 11.5 Å². The zero-order valence-corrected chi connectivity index (χ0v) is 14.5. The molecule has 0 heterocycles. The van der Waals surface area contributed by atoms with E-state index in [0.717, 1.165) is 0 Å². The summed E-state index contributed by atoms with van der Waals surface area (Å²) in [6.07, 6.45) is 4.07. The van der Waals surface area contributed by atoms with Crippen LogP contribution in [0.2, 0.25) is 0 Å². The van der Waals surface area contributed by atoms with Crippen molar-refractivity contribution in [1.82, 2.24) is 0 Å². The number of phenols is 2. The van der Waals surface area contributed by atoms with Gasteiger partial charge in [0, 0.05) is 30.7 Å². The quantitative estimate of drug-likeness (QED) is 0.723. The number of hydrogen-bond donors (Lipinski definition) is 2. The Bertz CT molecular complexity index is 728. The second-order valence-corrected chi connectivity index (χ2v) is 5.83. The van der Waals surface area contributed by atoms with Gasteiger partial charge in [0.25, 0.3) is 0 Å². The van der Waals surface area contributed by atoms with Gasteiger partial charge in [-0.25, -0.2) is 0 Å². The number of aromatic hydroxyl groups is 2. The van der Waals surface area contributed by atoms with Crippen LogP contribution in [0.15, 0.2) is 58.5 Å². The van der Waals surface area contributed by atoms with Crippen LogP contribution in [0.25, 0.3) is 0 Å². The largest absolute Gasteiger partial charge is 0.507 e. The molecule has 5 heteroatoms. The SMILES string of the molecule is COC(C)CC(CN=Cc1ccccc1O)N=Cc1ccccc1O. The third kappa shape index (κ3) is 6.04. The molecule has 0 aliphatic rings. The molecule has 0 aromatic heterocycles. The molecule has 25 heavy (non-hydrogen) atoms. The number of rotatable bonds is 8. The minimum absolute atomic E-state index is 0.0480. The summed E-state index contributed by atoms with van der Waals surface area (Å²) in [7, 11) is 1.67. The summed E-state index contributed by atoms with van der Waals surface area (Å²) in [6.45, 7) is 2.45. The van der Waals surface area contributed by atoms with Gasteiger partial charge in [-0.2, -0.15) is 0 Å². The number of benzene rings is 2. The van der Waals surface area contributed by atoms with E-state index in [4.69, 9.17) is 4.74 Å². The lowest BCUT2D eigenvalue weighted by molar-refractivity contribution is 0.105. The Morgan fingerprint density at radius 2 is 1.52 bits per heavy atom. The summed E-state index contributed by atoms with van der Waals surface area (Å²) >= 11 is 0. The highest BCUT2D eigenvalue weighted by molar-refractivity contribution is 5.84. The topological polar surface area (TPSA) is 74.4 Å². The normalized spacial score (nSPS) is 14.2. The number of nitrogens with zero attached hydrogens (tertiary/aromatic N) is 2. The van der Waals surface area contributed by atoms with Crippen molar-refractivity contribution in [3.63, 3.8) is 0 Å². The van der Waals surface area contributed by atoms with E-state index < -0.39 is 0 Å². The van der Waals surface area contributed by atoms with Gasteiger partial charge in [0.2, 0.25) is 0 Å². The second-order valence-electron chi connectivity index (χ2n) is 5.83. The molecule has 0 saturated carbocycles. The predicted molar refractivity (Wildman–Crippen MR) is 101 cm³/mol. The van der Waals surface area contributed by atoms with E-state index in [9.17, 15) is 10.2 Å². The summed E-state index contributed by atoms with van der Waals surface area (Å²) in [5.74, 6) is 0.397. The van der Waals surface area contributed by atoms with Gasteiger partial charge >= 0.3 is 0 Å². The van der Waals surface area contributed by atoms with Gasteiger partial charge in [-0.3, -0.25) is 9.98 Å². The molecule has 2 rings (SSSR count). The molecule has 0 amide bonds. The molecule has 0 radical (unpaired) electrons. The maximum atomic E-state index is 9.83. The molecular formula is C20H24N2O3. The average Bonchev–Trinajstić information content (AvgIpc) is 2.62. The third-order valence-corrected chi connectivity index (χ3v) is 3.85. The first-order chi connectivity index (χ1) is 12.1. The van der Waals surface area contributed by atoms with Crippen molar-refractivity contribution in [2.75, 3.05) is 13.7 Å². The van der Waals surface area contributed by atoms with Crippen LogP contribution in [0.3, 0.4) is 0 Å². The van der Waals surface area contributed by atoms with E-state index in [1.807, 2.05) is 19.1 Å². The highest BCUT2D eigenvalue weighted by Crippen LogP contribution is 2.15. The molecule has 0 spiro atoms. The zero-order valence-electron chi connectivity index (χ0n) is 14.5. The summed E-state index contributed by atoms with van der Waals surface area (Å²) in [4.78, 5) is 8.96. The van der Waals surface area contributed by atoms with Crippen LogP contribution in [0.4, 0.5) is 0 Å². The summed E-state index contributed by atoms with van der Waals surface area (Å²) < 4.78 is 5.33. The predicted octanol–water partition coefficient (Wildman–Crippen LogP) is 3.43. The summed E-state index contributed by atoms with van der Waals surface area (Å²) in [5, 5.41) is 19.6. The van der Waals surface area contributed by atoms with Crippen LogP contribution in [-0.4, -0.2) is 48.4 Å². The van der Waals surface area contributed by atoms with E-state index in [1.54, 1.807) is 55.9 Å². The number of ether oxygens (including phenoxy) is 1. The lowest BCUT2D eigenvalue weighted by Crippen LogP contribution is -2.18. The number of phenolic OH excluding ortho intramolecular Hbond substituents is 2. The van der Waals surface area contributed by atoms with E-state index in [0.29, 0.717) is 24.1 Å². The fourth-order valence-corrected chi connectivity index (χ4v) is 2.31. The number of para-hydroxylation sites is 2. The standard InChI is InChI=1S/C20H24N2O3/c1-15(25-2)11-18(22-13-17-8-4-6-10-20(17)24)14-21-12-16-7-3-5-9-19(16)23/h3-10,12-13,15,18,23-24H,11,14H2,1-2H3. The highest BCUT2D eigenvalue weighted by Gasteiger charge is 2.11. The Hall–Kier alpha value is -2.66. The lowest BCUT2D eigenvalue weighted by Gasteiger charge is -2.15. The molecule has 0 aliphatic carbocycles. The molecule has 2 atom stereocenters. The van der Waals surface area contributed by atoms with Crippen molar-refractivity contribution in [2.45, 2.75) is 25.5 Å². The molecule has 5 nitrogen and oxygen atoms in total. The smallest absolute Gasteiger partial charge is 0.124 e. The minimum atomic E-state index is -0.0864. The first-order valence-corrected chi connectivity index (χ1v) is 8.22. The van der Waals surface area contributed by atoms with Crippen molar-refractivity contribution < 1.29 is 14.9 Å². The molecule has 2 aromatic rings. The number of aliphatic imine (C=N–C) groups is 2. The van der Waals surface area contributed by atoms with Crippen molar-refractivity contribution >= 4 is 12.4 Å². The average molecular weight is 340 g/mol. The van der Waals surface area contributed by atoms with Crippen molar-refractivity contribution in [1.29, 1.82) is 0 Å². The monoisotopic (exact) mass is 340 g/mol. The second kappa shape index (κ2) is 9.59. The fourth-order valence-electron chi connectivity index (χ4n) is 2.31. The van der Waals surface area contributed by atoms with E-state index >= 15 is 0 Å². The third-order valence-electron chi connectivity index (χ3n) is 3.85. The highest BCUT2D eigenvalue weighted by atomic mass is 16.5. The molecule has 0 aliphatic heterocycles. The molecule has 2 aromatic carbocycles. The molecule has 2 N–H and O–H groups in total. The van der Waals surface area contributed by atoms with Gasteiger partial charge in [-0.1, -0.05) is 24.3 Å². The van der Waals surface area contributed by atoms with Crippen molar-refractivity contribution in [3.05, 3.63) is 59.7 Å². The number of methoxy groups -OCH3 is 1. The van der Waals surface area contributed by atoms with E-state index in [1.165, 1.54) is 0 Å².